The highest BCUT2D eigenvalue weighted by atomic mass is 16.3. The molecule has 14 heavy (non-hydrogen) atoms. The summed E-state index contributed by atoms with van der Waals surface area (Å²) in [6.45, 7) is 7.07. The SMILES string of the molecule is CC1CCCC(CN)(C(C)C(C)O)C1. The second-order valence-corrected chi connectivity index (χ2v) is 5.30. The zero-order valence-electron chi connectivity index (χ0n) is 9.79. The molecule has 0 saturated heterocycles. The maximum Gasteiger partial charge on any atom is 0.0543 e. The number of rotatable bonds is 3. The molecule has 2 heteroatoms. The van der Waals surface area contributed by atoms with Gasteiger partial charge in [-0.05, 0) is 43.6 Å². The van der Waals surface area contributed by atoms with Gasteiger partial charge in [0.25, 0.3) is 0 Å². The Balaban J connectivity index is 2.73. The molecule has 0 aliphatic heterocycles. The lowest BCUT2D eigenvalue weighted by Crippen LogP contribution is -2.44. The summed E-state index contributed by atoms with van der Waals surface area (Å²) < 4.78 is 0. The third-order valence-electron chi connectivity index (χ3n) is 4.22. The molecule has 1 fully saturated rings. The smallest absolute Gasteiger partial charge is 0.0543 e. The largest absolute Gasteiger partial charge is 0.393 e. The van der Waals surface area contributed by atoms with Crippen molar-refractivity contribution in [2.45, 2.75) is 52.6 Å². The van der Waals surface area contributed by atoms with Gasteiger partial charge in [-0.15, -0.1) is 0 Å². The summed E-state index contributed by atoms with van der Waals surface area (Å²) in [4.78, 5) is 0. The van der Waals surface area contributed by atoms with Gasteiger partial charge in [-0.3, -0.25) is 0 Å². The molecule has 1 aliphatic rings. The summed E-state index contributed by atoms with van der Waals surface area (Å²) in [5.74, 6) is 1.10. The number of aliphatic hydroxyl groups excluding tert-OH is 1. The first-order valence-electron chi connectivity index (χ1n) is 5.90. The van der Waals surface area contributed by atoms with E-state index in [1.807, 2.05) is 6.92 Å². The normalized spacial score (nSPS) is 37.9. The lowest BCUT2D eigenvalue weighted by Gasteiger charge is -2.45. The van der Waals surface area contributed by atoms with Crippen LogP contribution in [0.5, 0.6) is 0 Å². The molecule has 1 rings (SSSR count). The standard InChI is InChI=1S/C12H25NO/c1-9-5-4-6-12(7-9,8-13)10(2)11(3)14/h9-11,14H,4-8,13H2,1-3H3. The minimum atomic E-state index is -0.233. The van der Waals surface area contributed by atoms with E-state index in [1.165, 1.54) is 25.7 Å². The van der Waals surface area contributed by atoms with Crippen molar-refractivity contribution in [1.29, 1.82) is 0 Å². The highest BCUT2D eigenvalue weighted by molar-refractivity contribution is 4.91. The van der Waals surface area contributed by atoms with Gasteiger partial charge in [-0.2, -0.15) is 0 Å². The van der Waals surface area contributed by atoms with Crippen molar-refractivity contribution in [1.82, 2.24) is 0 Å². The maximum absolute atomic E-state index is 9.70. The van der Waals surface area contributed by atoms with Gasteiger partial charge in [0, 0.05) is 0 Å². The topological polar surface area (TPSA) is 46.2 Å². The average Bonchev–Trinajstić information content (AvgIpc) is 2.16. The van der Waals surface area contributed by atoms with E-state index in [9.17, 15) is 5.11 Å². The molecule has 0 aromatic rings. The number of aliphatic hydroxyl groups is 1. The van der Waals surface area contributed by atoms with Crippen molar-refractivity contribution in [3.63, 3.8) is 0 Å². The van der Waals surface area contributed by atoms with Gasteiger partial charge in [0.2, 0.25) is 0 Å². The highest BCUT2D eigenvalue weighted by Crippen LogP contribution is 2.45. The zero-order chi connectivity index (χ0) is 10.8. The van der Waals surface area contributed by atoms with E-state index in [4.69, 9.17) is 5.73 Å². The molecule has 0 radical (unpaired) electrons. The third kappa shape index (κ3) is 2.29. The Labute approximate surface area is 87.9 Å². The quantitative estimate of drug-likeness (QED) is 0.731. The zero-order valence-corrected chi connectivity index (χ0v) is 9.79. The van der Waals surface area contributed by atoms with E-state index < -0.39 is 0 Å². The molecule has 0 aromatic carbocycles. The fourth-order valence-corrected chi connectivity index (χ4v) is 3.00. The van der Waals surface area contributed by atoms with E-state index in [1.54, 1.807) is 0 Å². The van der Waals surface area contributed by atoms with Crippen molar-refractivity contribution in [2.24, 2.45) is 23.0 Å². The summed E-state index contributed by atoms with van der Waals surface area (Å²) in [6, 6.07) is 0. The van der Waals surface area contributed by atoms with Crippen LogP contribution in [0, 0.1) is 17.3 Å². The van der Waals surface area contributed by atoms with Crippen LogP contribution in [0.3, 0.4) is 0 Å². The predicted octanol–water partition coefficient (Wildman–Crippen LogP) is 2.16. The third-order valence-corrected chi connectivity index (χ3v) is 4.22. The summed E-state index contributed by atoms with van der Waals surface area (Å²) in [7, 11) is 0. The van der Waals surface area contributed by atoms with Crippen LogP contribution in [-0.2, 0) is 0 Å². The van der Waals surface area contributed by atoms with Crippen LogP contribution in [0.4, 0.5) is 0 Å². The molecule has 84 valence electrons. The Kier molecular flexibility index (Phi) is 3.96. The molecular formula is C12H25NO. The monoisotopic (exact) mass is 199 g/mol. The predicted molar refractivity (Wildman–Crippen MR) is 60.0 cm³/mol. The van der Waals surface area contributed by atoms with Gasteiger partial charge in [0.05, 0.1) is 6.10 Å². The Morgan fingerprint density at radius 2 is 2.14 bits per heavy atom. The minimum Gasteiger partial charge on any atom is -0.393 e. The molecule has 1 aliphatic carbocycles. The molecule has 0 aromatic heterocycles. The second-order valence-electron chi connectivity index (χ2n) is 5.30. The first-order chi connectivity index (χ1) is 6.52. The van der Waals surface area contributed by atoms with Gasteiger partial charge in [0.15, 0.2) is 0 Å². The van der Waals surface area contributed by atoms with Crippen molar-refractivity contribution in [3.8, 4) is 0 Å². The van der Waals surface area contributed by atoms with E-state index >= 15 is 0 Å². The highest BCUT2D eigenvalue weighted by Gasteiger charge is 2.40. The minimum absolute atomic E-state index is 0.200. The molecule has 3 N–H and O–H groups in total. The number of hydrogen-bond donors (Lipinski definition) is 2. The van der Waals surface area contributed by atoms with Crippen LogP contribution in [0.25, 0.3) is 0 Å². The first-order valence-corrected chi connectivity index (χ1v) is 5.90. The average molecular weight is 199 g/mol. The van der Waals surface area contributed by atoms with Crippen LogP contribution < -0.4 is 5.73 Å². The summed E-state index contributed by atoms with van der Waals surface area (Å²) in [6.07, 6.45) is 4.75. The van der Waals surface area contributed by atoms with E-state index in [2.05, 4.69) is 13.8 Å². The van der Waals surface area contributed by atoms with Crippen LogP contribution in [0.1, 0.15) is 46.5 Å². The number of nitrogens with two attached hydrogens (primary N) is 1. The van der Waals surface area contributed by atoms with Gasteiger partial charge >= 0.3 is 0 Å². The summed E-state index contributed by atoms with van der Waals surface area (Å²) in [5.41, 5.74) is 6.13. The van der Waals surface area contributed by atoms with Crippen LogP contribution >= 0.6 is 0 Å². The van der Waals surface area contributed by atoms with E-state index in [0.29, 0.717) is 5.92 Å². The Hall–Kier alpha value is -0.0800. The fourth-order valence-electron chi connectivity index (χ4n) is 3.00. The molecular weight excluding hydrogens is 174 g/mol. The van der Waals surface area contributed by atoms with E-state index in [0.717, 1.165) is 12.5 Å². The molecule has 4 atom stereocenters. The fraction of sp³-hybridized carbons (Fsp3) is 1.00. The lowest BCUT2D eigenvalue weighted by atomic mass is 9.62. The van der Waals surface area contributed by atoms with Gasteiger partial charge < -0.3 is 10.8 Å². The molecule has 4 unspecified atom stereocenters. The second kappa shape index (κ2) is 4.63. The van der Waals surface area contributed by atoms with Gasteiger partial charge in [-0.1, -0.05) is 26.7 Å². The van der Waals surface area contributed by atoms with Crippen molar-refractivity contribution in [3.05, 3.63) is 0 Å². The number of hydrogen-bond acceptors (Lipinski definition) is 2. The molecule has 0 amide bonds. The Morgan fingerprint density at radius 1 is 1.50 bits per heavy atom. The van der Waals surface area contributed by atoms with Crippen molar-refractivity contribution < 1.29 is 5.11 Å². The molecule has 0 bridgehead atoms. The summed E-state index contributed by atoms with van der Waals surface area (Å²) in [5, 5.41) is 9.70. The lowest BCUT2D eigenvalue weighted by molar-refractivity contribution is 0.00477. The first kappa shape index (κ1) is 12.0. The maximum atomic E-state index is 9.70. The van der Waals surface area contributed by atoms with E-state index in [-0.39, 0.29) is 11.5 Å². The van der Waals surface area contributed by atoms with Crippen molar-refractivity contribution in [2.75, 3.05) is 6.54 Å². The molecule has 0 spiro atoms. The molecule has 1 saturated carbocycles. The molecule has 2 nitrogen and oxygen atoms in total. The van der Waals surface area contributed by atoms with Crippen molar-refractivity contribution >= 4 is 0 Å². The Bertz CT molecular complexity index is 181. The van der Waals surface area contributed by atoms with Gasteiger partial charge in [0.1, 0.15) is 0 Å². The van der Waals surface area contributed by atoms with Crippen LogP contribution in [0.15, 0.2) is 0 Å². The molecule has 0 heterocycles. The van der Waals surface area contributed by atoms with Crippen LogP contribution in [0.2, 0.25) is 0 Å². The summed E-state index contributed by atoms with van der Waals surface area (Å²) >= 11 is 0. The van der Waals surface area contributed by atoms with Gasteiger partial charge in [-0.25, -0.2) is 0 Å². The Morgan fingerprint density at radius 3 is 2.57 bits per heavy atom. The van der Waals surface area contributed by atoms with Crippen LogP contribution in [-0.4, -0.2) is 17.8 Å².